The van der Waals surface area contributed by atoms with E-state index in [1.165, 1.54) is 4.88 Å². The van der Waals surface area contributed by atoms with Gasteiger partial charge in [0.05, 0.1) is 18.4 Å². The molecule has 0 saturated heterocycles. The molecule has 21 heavy (non-hydrogen) atoms. The van der Waals surface area contributed by atoms with Gasteiger partial charge in [-0.25, -0.2) is 4.98 Å². The van der Waals surface area contributed by atoms with E-state index in [4.69, 9.17) is 9.47 Å². The molecule has 1 N–H and O–H groups in total. The van der Waals surface area contributed by atoms with Crippen LogP contribution in [0.2, 0.25) is 0 Å². The largest absolute Gasteiger partial charge is 0.465 e. The van der Waals surface area contributed by atoms with Gasteiger partial charge in [0.1, 0.15) is 5.92 Å². The Kier molecular flexibility index (Phi) is 4.45. The SMILES string of the molecule is CCOC(=O)C1CCCc2sc(NC3CC(OC)C3)nc21. The van der Waals surface area contributed by atoms with Crippen molar-refractivity contribution < 1.29 is 14.3 Å². The molecule has 0 aromatic carbocycles. The Morgan fingerprint density at radius 3 is 3.00 bits per heavy atom. The number of rotatable bonds is 5. The zero-order valence-electron chi connectivity index (χ0n) is 12.6. The third kappa shape index (κ3) is 3.06. The first-order valence-corrected chi connectivity index (χ1v) is 8.48. The van der Waals surface area contributed by atoms with Crippen molar-refractivity contribution in [2.45, 2.75) is 57.1 Å². The van der Waals surface area contributed by atoms with Gasteiger partial charge in [-0.05, 0) is 39.0 Å². The highest BCUT2D eigenvalue weighted by Crippen LogP contribution is 2.38. The van der Waals surface area contributed by atoms with Crippen LogP contribution in [-0.4, -0.2) is 36.8 Å². The van der Waals surface area contributed by atoms with Crippen molar-refractivity contribution in [3.05, 3.63) is 10.6 Å². The Hall–Kier alpha value is -1.14. The summed E-state index contributed by atoms with van der Waals surface area (Å²) in [5.41, 5.74) is 0.940. The average molecular weight is 310 g/mol. The molecule has 1 aromatic rings. The van der Waals surface area contributed by atoms with Crippen LogP contribution in [0.1, 0.15) is 49.1 Å². The van der Waals surface area contributed by atoms with Crippen molar-refractivity contribution in [3.8, 4) is 0 Å². The molecule has 0 radical (unpaired) electrons. The fourth-order valence-corrected chi connectivity index (χ4v) is 4.14. The number of aromatic nitrogens is 1. The van der Waals surface area contributed by atoms with Crippen molar-refractivity contribution in [1.29, 1.82) is 0 Å². The third-order valence-corrected chi connectivity index (χ3v) is 5.34. The molecule has 1 fully saturated rings. The second-order valence-electron chi connectivity index (χ2n) is 5.69. The first-order chi connectivity index (χ1) is 10.2. The standard InChI is InChI=1S/C15H22N2O3S/c1-3-20-14(18)11-5-4-6-12-13(11)17-15(21-12)16-9-7-10(8-9)19-2/h9-11H,3-8H2,1-2H3,(H,16,17). The highest BCUT2D eigenvalue weighted by Gasteiger charge is 2.33. The van der Waals surface area contributed by atoms with Crippen LogP contribution in [0, 0.1) is 0 Å². The van der Waals surface area contributed by atoms with E-state index in [2.05, 4.69) is 10.3 Å². The molecular weight excluding hydrogens is 288 g/mol. The van der Waals surface area contributed by atoms with E-state index in [0.717, 1.165) is 42.9 Å². The second-order valence-corrected chi connectivity index (χ2v) is 6.78. The molecule has 6 heteroatoms. The Morgan fingerprint density at radius 2 is 2.29 bits per heavy atom. The smallest absolute Gasteiger partial charge is 0.315 e. The number of fused-ring (bicyclic) bond motifs is 1. The van der Waals surface area contributed by atoms with E-state index >= 15 is 0 Å². The number of carbonyl (C=O) groups excluding carboxylic acids is 1. The quantitative estimate of drug-likeness (QED) is 0.847. The summed E-state index contributed by atoms with van der Waals surface area (Å²) < 4.78 is 10.5. The highest BCUT2D eigenvalue weighted by atomic mass is 32.1. The molecule has 1 heterocycles. The predicted octanol–water partition coefficient (Wildman–Crippen LogP) is 2.72. The zero-order valence-corrected chi connectivity index (χ0v) is 13.4. The molecule has 2 aliphatic rings. The molecule has 1 saturated carbocycles. The fourth-order valence-electron chi connectivity index (χ4n) is 3.00. The third-order valence-electron chi connectivity index (χ3n) is 4.28. The van der Waals surface area contributed by atoms with E-state index < -0.39 is 0 Å². The maximum absolute atomic E-state index is 12.0. The van der Waals surface area contributed by atoms with Crippen LogP contribution in [-0.2, 0) is 20.7 Å². The molecule has 1 unspecified atom stereocenters. The maximum Gasteiger partial charge on any atom is 0.315 e. The number of thiazole rings is 1. The average Bonchev–Trinajstić information content (AvgIpc) is 2.84. The summed E-state index contributed by atoms with van der Waals surface area (Å²) in [5.74, 6) is -0.299. The van der Waals surface area contributed by atoms with E-state index in [-0.39, 0.29) is 11.9 Å². The van der Waals surface area contributed by atoms with Crippen LogP contribution in [0.3, 0.4) is 0 Å². The van der Waals surface area contributed by atoms with Crippen LogP contribution >= 0.6 is 11.3 Å². The van der Waals surface area contributed by atoms with Crippen LogP contribution in [0.15, 0.2) is 0 Å². The highest BCUT2D eigenvalue weighted by molar-refractivity contribution is 7.15. The van der Waals surface area contributed by atoms with E-state index in [0.29, 0.717) is 18.8 Å². The lowest BCUT2D eigenvalue weighted by Crippen LogP contribution is -2.40. The summed E-state index contributed by atoms with van der Waals surface area (Å²) in [6.45, 7) is 2.28. The lowest BCUT2D eigenvalue weighted by molar-refractivity contribution is -0.145. The molecule has 116 valence electrons. The minimum Gasteiger partial charge on any atom is -0.465 e. The Balaban J connectivity index is 1.68. The van der Waals surface area contributed by atoms with Crippen LogP contribution in [0.4, 0.5) is 5.13 Å². The topological polar surface area (TPSA) is 60.5 Å². The first-order valence-electron chi connectivity index (χ1n) is 7.66. The van der Waals surface area contributed by atoms with Crippen molar-refractivity contribution in [2.75, 3.05) is 19.0 Å². The Labute approximate surface area is 129 Å². The monoisotopic (exact) mass is 310 g/mol. The number of carbonyl (C=O) groups is 1. The molecule has 2 aliphatic carbocycles. The van der Waals surface area contributed by atoms with Crippen molar-refractivity contribution in [1.82, 2.24) is 4.98 Å². The number of hydrogen-bond acceptors (Lipinski definition) is 6. The summed E-state index contributed by atoms with van der Waals surface area (Å²) in [6.07, 6.45) is 5.35. The molecular formula is C15H22N2O3S. The number of nitrogens with one attached hydrogen (secondary N) is 1. The molecule has 3 rings (SSSR count). The number of methoxy groups -OCH3 is 1. The zero-order chi connectivity index (χ0) is 14.8. The van der Waals surface area contributed by atoms with Crippen LogP contribution in [0.25, 0.3) is 0 Å². The summed E-state index contributed by atoms with van der Waals surface area (Å²) in [7, 11) is 1.76. The van der Waals surface area contributed by atoms with Gasteiger partial charge in [-0.2, -0.15) is 0 Å². The summed E-state index contributed by atoms with van der Waals surface area (Å²) >= 11 is 1.69. The van der Waals surface area contributed by atoms with Gasteiger partial charge >= 0.3 is 5.97 Å². The van der Waals surface area contributed by atoms with Gasteiger partial charge < -0.3 is 14.8 Å². The van der Waals surface area contributed by atoms with Gasteiger partial charge in [0.25, 0.3) is 0 Å². The molecule has 5 nitrogen and oxygen atoms in total. The van der Waals surface area contributed by atoms with E-state index in [1.54, 1.807) is 18.4 Å². The van der Waals surface area contributed by atoms with Crippen molar-refractivity contribution >= 4 is 22.4 Å². The van der Waals surface area contributed by atoms with E-state index in [9.17, 15) is 4.79 Å². The van der Waals surface area contributed by atoms with Gasteiger partial charge in [-0.15, -0.1) is 11.3 Å². The minimum atomic E-state index is -0.173. The van der Waals surface area contributed by atoms with Gasteiger partial charge in [0.2, 0.25) is 0 Å². The van der Waals surface area contributed by atoms with Crippen molar-refractivity contribution in [3.63, 3.8) is 0 Å². The Morgan fingerprint density at radius 1 is 1.48 bits per heavy atom. The minimum absolute atomic E-state index is 0.126. The summed E-state index contributed by atoms with van der Waals surface area (Å²) in [4.78, 5) is 18.0. The van der Waals surface area contributed by atoms with Gasteiger partial charge in [0.15, 0.2) is 5.13 Å². The summed E-state index contributed by atoms with van der Waals surface area (Å²) in [6, 6.07) is 0.448. The molecule has 0 aliphatic heterocycles. The van der Waals surface area contributed by atoms with E-state index in [1.807, 2.05) is 6.92 Å². The Bertz CT molecular complexity index is 511. The number of nitrogens with zero attached hydrogens (tertiary/aromatic N) is 1. The molecule has 0 bridgehead atoms. The molecule has 0 amide bonds. The molecule has 0 spiro atoms. The lowest BCUT2D eigenvalue weighted by atomic mass is 9.89. The number of anilines is 1. The molecule has 1 aromatic heterocycles. The second kappa shape index (κ2) is 6.32. The maximum atomic E-state index is 12.0. The van der Waals surface area contributed by atoms with Crippen molar-refractivity contribution in [2.24, 2.45) is 0 Å². The van der Waals surface area contributed by atoms with Crippen LogP contribution < -0.4 is 5.32 Å². The fraction of sp³-hybridized carbons (Fsp3) is 0.733. The lowest BCUT2D eigenvalue weighted by Gasteiger charge is -2.34. The number of hydrogen-bond donors (Lipinski definition) is 1. The molecule has 1 atom stereocenters. The van der Waals surface area contributed by atoms with Gasteiger partial charge in [0, 0.05) is 18.0 Å². The van der Waals surface area contributed by atoms with Gasteiger partial charge in [-0.3, -0.25) is 4.79 Å². The number of esters is 1. The van der Waals surface area contributed by atoms with Gasteiger partial charge in [-0.1, -0.05) is 0 Å². The number of ether oxygens (including phenoxy) is 2. The first kappa shape index (κ1) is 14.8. The normalized spacial score (nSPS) is 27.6. The van der Waals surface area contributed by atoms with Crippen LogP contribution in [0.5, 0.6) is 0 Å². The number of aryl methyl sites for hydroxylation is 1. The predicted molar refractivity (Wildman–Crippen MR) is 81.9 cm³/mol. The summed E-state index contributed by atoms with van der Waals surface area (Å²) in [5, 5.41) is 4.41.